The first-order valence-corrected chi connectivity index (χ1v) is 11.8. The summed E-state index contributed by atoms with van der Waals surface area (Å²) in [7, 11) is -4.07. The minimum atomic E-state index is -4.07. The third-order valence-electron chi connectivity index (χ3n) is 5.29. The number of nitrogens with one attached hydrogen (secondary N) is 2. The Kier molecular flexibility index (Phi) is 6.32. The molecular weight excluding hydrogens is 473 g/mol. The van der Waals surface area contributed by atoms with Gasteiger partial charge in [-0.2, -0.15) is 8.42 Å². The van der Waals surface area contributed by atoms with E-state index < -0.39 is 34.3 Å². The van der Waals surface area contributed by atoms with Crippen molar-refractivity contribution in [1.29, 1.82) is 0 Å². The third kappa shape index (κ3) is 5.72. The van der Waals surface area contributed by atoms with Crippen molar-refractivity contribution in [2.75, 3.05) is 28.0 Å². The van der Waals surface area contributed by atoms with E-state index in [9.17, 15) is 26.4 Å². The molecule has 0 bridgehead atoms. The SMILES string of the molecule is NS(=O)(=O)Nc1cc(NC(=O)c2cc3ccc(F)cc3nc2N2CCCC(F)(F)CC2)ccn1. The number of alkyl halides is 2. The summed E-state index contributed by atoms with van der Waals surface area (Å²) in [5.41, 5.74) is 0.590. The van der Waals surface area contributed by atoms with Crippen molar-refractivity contribution in [2.24, 2.45) is 5.14 Å². The van der Waals surface area contributed by atoms with Crippen molar-refractivity contribution in [1.82, 2.24) is 9.97 Å². The number of nitrogens with two attached hydrogens (primary N) is 1. The van der Waals surface area contributed by atoms with Crippen molar-refractivity contribution < 1.29 is 26.4 Å². The maximum Gasteiger partial charge on any atom is 0.297 e. The number of aromatic nitrogens is 2. The summed E-state index contributed by atoms with van der Waals surface area (Å²) in [6, 6.07) is 8.11. The number of rotatable bonds is 5. The number of anilines is 3. The molecule has 1 fully saturated rings. The summed E-state index contributed by atoms with van der Waals surface area (Å²) in [6.07, 6.45) is 0.792. The second kappa shape index (κ2) is 9.06. The highest BCUT2D eigenvalue weighted by Crippen LogP contribution is 2.32. The van der Waals surface area contributed by atoms with Gasteiger partial charge in [-0.1, -0.05) is 0 Å². The first-order valence-electron chi connectivity index (χ1n) is 10.3. The predicted molar refractivity (Wildman–Crippen MR) is 122 cm³/mol. The van der Waals surface area contributed by atoms with Gasteiger partial charge in [-0.05, 0) is 30.7 Å². The number of hydrogen-bond donors (Lipinski definition) is 3. The molecule has 4 N–H and O–H groups in total. The highest BCUT2D eigenvalue weighted by atomic mass is 32.2. The maximum atomic E-state index is 13.9. The number of hydrogen-bond acceptors (Lipinski definition) is 6. The van der Waals surface area contributed by atoms with E-state index in [1.165, 1.54) is 42.6 Å². The normalized spacial score (nSPS) is 16.2. The Morgan fingerprint density at radius 2 is 1.91 bits per heavy atom. The zero-order valence-electron chi connectivity index (χ0n) is 17.8. The van der Waals surface area contributed by atoms with Crippen molar-refractivity contribution in [3.8, 4) is 0 Å². The van der Waals surface area contributed by atoms with Crippen molar-refractivity contribution in [2.45, 2.75) is 25.2 Å². The molecule has 1 amide bonds. The van der Waals surface area contributed by atoms with E-state index in [0.29, 0.717) is 5.39 Å². The number of carbonyl (C=O) groups is 1. The molecule has 0 atom stereocenters. The second-order valence-corrected chi connectivity index (χ2v) is 9.22. The predicted octanol–water partition coefficient (Wildman–Crippen LogP) is 3.26. The molecule has 1 aliphatic heterocycles. The van der Waals surface area contributed by atoms with Crippen LogP contribution in [0.25, 0.3) is 10.9 Å². The molecule has 34 heavy (non-hydrogen) atoms. The number of pyridine rings is 2. The van der Waals surface area contributed by atoms with E-state index in [1.54, 1.807) is 4.90 Å². The number of amides is 1. The lowest BCUT2D eigenvalue weighted by molar-refractivity contribution is -0.0102. The van der Waals surface area contributed by atoms with Crippen LogP contribution in [0.4, 0.5) is 30.5 Å². The lowest BCUT2D eigenvalue weighted by Gasteiger charge is -2.24. The number of benzene rings is 1. The standard InChI is InChI=1S/C21H21F3N6O3S/c22-14-3-2-13-10-16(20(31)27-15-4-7-26-18(12-15)29-34(25,32)33)19(28-17(13)11-14)30-8-1-5-21(23,24)6-9-30/h2-4,7,10-12H,1,5-6,8-9H2,(H2,25,32,33)(H2,26,27,29,31). The average molecular weight is 494 g/mol. The minimum Gasteiger partial charge on any atom is -0.356 e. The van der Waals surface area contributed by atoms with E-state index in [4.69, 9.17) is 5.14 Å². The first kappa shape index (κ1) is 23.7. The summed E-state index contributed by atoms with van der Waals surface area (Å²) < 4.78 is 66.1. The van der Waals surface area contributed by atoms with Gasteiger partial charge in [0.2, 0.25) is 5.92 Å². The monoisotopic (exact) mass is 494 g/mol. The second-order valence-electron chi connectivity index (χ2n) is 7.92. The van der Waals surface area contributed by atoms with Gasteiger partial charge in [0.15, 0.2) is 0 Å². The Morgan fingerprint density at radius 1 is 1.12 bits per heavy atom. The molecule has 3 aromatic rings. The Morgan fingerprint density at radius 3 is 2.68 bits per heavy atom. The molecule has 1 aliphatic rings. The Balaban J connectivity index is 1.70. The van der Waals surface area contributed by atoms with Gasteiger partial charge < -0.3 is 10.2 Å². The van der Waals surface area contributed by atoms with Crippen LogP contribution in [0.2, 0.25) is 0 Å². The quantitative estimate of drug-likeness (QED) is 0.499. The van der Waals surface area contributed by atoms with Crippen LogP contribution in [0.15, 0.2) is 42.6 Å². The fourth-order valence-electron chi connectivity index (χ4n) is 3.72. The summed E-state index contributed by atoms with van der Waals surface area (Å²) in [4.78, 5) is 23.1. The van der Waals surface area contributed by atoms with Gasteiger partial charge in [0.25, 0.3) is 16.1 Å². The smallest absolute Gasteiger partial charge is 0.297 e. The number of halogens is 3. The first-order chi connectivity index (χ1) is 16.0. The molecule has 0 unspecified atom stereocenters. The minimum absolute atomic E-state index is 0.0290. The van der Waals surface area contributed by atoms with Crippen LogP contribution in [0, 0.1) is 5.82 Å². The third-order valence-corrected chi connectivity index (χ3v) is 5.78. The van der Waals surface area contributed by atoms with Crippen LogP contribution < -0.4 is 20.1 Å². The van der Waals surface area contributed by atoms with Gasteiger partial charge >= 0.3 is 0 Å². The largest absolute Gasteiger partial charge is 0.356 e. The summed E-state index contributed by atoms with van der Waals surface area (Å²) >= 11 is 0. The van der Waals surface area contributed by atoms with E-state index >= 15 is 0 Å². The molecular formula is C21H21F3N6O3S. The molecule has 180 valence electrons. The van der Waals surface area contributed by atoms with E-state index in [1.807, 2.05) is 4.72 Å². The molecule has 2 aromatic heterocycles. The fourth-order valence-corrected chi connectivity index (χ4v) is 4.13. The molecule has 0 radical (unpaired) electrons. The Hall–Kier alpha value is -3.45. The lowest BCUT2D eigenvalue weighted by atomic mass is 10.1. The molecule has 4 rings (SSSR count). The van der Waals surface area contributed by atoms with Gasteiger partial charge in [-0.25, -0.2) is 28.3 Å². The van der Waals surface area contributed by atoms with Crippen LogP contribution in [0.3, 0.4) is 0 Å². The fraction of sp³-hybridized carbons (Fsp3) is 0.286. The highest BCUT2D eigenvalue weighted by molar-refractivity contribution is 7.90. The van der Waals surface area contributed by atoms with Crippen LogP contribution in [0.1, 0.15) is 29.6 Å². The number of nitrogens with zero attached hydrogens (tertiary/aromatic N) is 3. The number of fused-ring (bicyclic) bond motifs is 1. The maximum absolute atomic E-state index is 13.9. The van der Waals surface area contributed by atoms with Crippen LogP contribution in [-0.4, -0.2) is 43.3 Å². The molecule has 1 saturated heterocycles. The van der Waals surface area contributed by atoms with Crippen molar-refractivity contribution in [3.63, 3.8) is 0 Å². The molecule has 0 aliphatic carbocycles. The molecule has 0 saturated carbocycles. The molecule has 3 heterocycles. The lowest BCUT2D eigenvalue weighted by Crippen LogP contribution is -2.29. The topological polar surface area (TPSA) is 130 Å². The zero-order chi connectivity index (χ0) is 24.5. The molecule has 13 heteroatoms. The highest BCUT2D eigenvalue weighted by Gasteiger charge is 2.33. The van der Waals surface area contributed by atoms with Crippen LogP contribution in [-0.2, 0) is 10.2 Å². The Labute approximate surface area is 193 Å². The van der Waals surface area contributed by atoms with Gasteiger partial charge in [0.05, 0.1) is 11.1 Å². The van der Waals surface area contributed by atoms with Crippen molar-refractivity contribution >= 4 is 44.3 Å². The van der Waals surface area contributed by atoms with Gasteiger partial charge in [-0.15, -0.1) is 0 Å². The molecule has 0 spiro atoms. The average Bonchev–Trinajstić information content (AvgIpc) is 2.92. The van der Waals surface area contributed by atoms with E-state index in [0.717, 1.165) is 0 Å². The zero-order valence-corrected chi connectivity index (χ0v) is 18.6. The van der Waals surface area contributed by atoms with E-state index in [-0.39, 0.29) is 54.3 Å². The summed E-state index contributed by atoms with van der Waals surface area (Å²) in [5.74, 6) is -3.90. The Bertz CT molecular complexity index is 1350. The summed E-state index contributed by atoms with van der Waals surface area (Å²) in [5, 5.41) is 8.06. The van der Waals surface area contributed by atoms with Crippen LogP contribution in [0.5, 0.6) is 0 Å². The molecule has 1 aromatic carbocycles. The summed E-state index contributed by atoms with van der Waals surface area (Å²) in [6.45, 7) is 0.222. The van der Waals surface area contributed by atoms with E-state index in [2.05, 4.69) is 15.3 Å². The van der Waals surface area contributed by atoms with Gasteiger partial charge in [0.1, 0.15) is 17.5 Å². The number of carbonyl (C=O) groups excluding carboxylic acids is 1. The van der Waals surface area contributed by atoms with Gasteiger partial charge in [-0.3, -0.25) is 9.52 Å². The van der Waals surface area contributed by atoms with Crippen LogP contribution >= 0.6 is 0 Å². The van der Waals surface area contributed by atoms with Gasteiger partial charge in [0, 0.05) is 55.3 Å². The van der Waals surface area contributed by atoms with Crippen molar-refractivity contribution in [3.05, 3.63) is 54.0 Å². The molecule has 9 nitrogen and oxygen atoms in total.